The van der Waals surface area contributed by atoms with E-state index >= 15 is 0 Å². The average Bonchev–Trinajstić information content (AvgIpc) is 2.04. The summed E-state index contributed by atoms with van der Waals surface area (Å²) in [6, 6.07) is 0. The molecule has 70 valence electrons. The van der Waals surface area contributed by atoms with Gasteiger partial charge in [-0.3, -0.25) is 4.79 Å². The van der Waals surface area contributed by atoms with Crippen LogP contribution in [0.4, 0.5) is 0 Å². The summed E-state index contributed by atoms with van der Waals surface area (Å²) in [5.41, 5.74) is 0. The van der Waals surface area contributed by atoms with Gasteiger partial charge in [-0.2, -0.15) is 0 Å². The van der Waals surface area contributed by atoms with Crippen molar-refractivity contribution in [1.82, 2.24) is 5.32 Å². The zero-order valence-corrected chi connectivity index (χ0v) is 7.71. The van der Waals surface area contributed by atoms with E-state index in [9.17, 15) is 4.79 Å². The van der Waals surface area contributed by atoms with Gasteiger partial charge in [0.25, 0.3) is 0 Å². The molecule has 1 amide bonds. The van der Waals surface area contributed by atoms with Gasteiger partial charge in [-0.15, -0.1) is 0 Å². The van der Waals surface area contributed by atoms with Gasteiger partial charge in [0.15, 0.2) is 0 Å². The minimum absolute atomic E-state index is 0.124. The highest BCUT2D eigenvalue weighted by Gasteiger charge is 2.30. The molecule has 2 N–H and O–H groups in total. The smallest absolute Gasteiger partial charge is 0.220 e. The standard InChI is InChI=1S/C9H17NO2/c1-6(2)8-3-9(12)10-4-7(8)5-11/h6-8,11H,3-5H2,1-2H3,(H,10,12). The normalized spacial score (nSPS) is 30.5. The predicted molar refractivity (Wildman–Crippen MR) is 46.5 cm³/mol. The van der Waals surface area contributed by atoms with Crippen molar-refractivity contribution in [2.24, 2.45) is 17.8 Å². The van der Waals surface area contributed by atoms with Gasteiger partial charge in [0.2, 0.25) is 5.91 Å². The number of aliphatic hydroxyl groups excluding tert-OH is 1. The van der Waals surface area contributed by atoms with Crippen LogP contribution in [0.1, 0.15) is 20.3 Å². The van der Waals surface area contributed by atoms with E-state index in [1.54, 1.807) is 0 Å². The largest absolute Gasteiger partial charge is 0.396 e. The molecular weight excluding hydrogens is 154 g/mol. The van der Waals surface area contributed by atoms with E-state index in [2.05, 4.69) is 19.2 Å². The maximum atomic E-state index is 11.0. The molecule has 1 aliphatic heterocycles. The third-order valence-electron chi connectivity index (χ3n) is 2.68. The van der Waals surface area contributed by atoms with E-state index in [0.29, 0.717) is 24.8 Å². The number of nitrogens with one attached hydrogen (secondary N) is 1. The number of amides is 1. The van der Waals surface area contributed by atoms with Crippen LogP contribution in [0.25, 0.3) is 0 Å². The molecule has 1 aliphatic rings. The lowest BCUT2D eigenvalue weighted by Gasteiger charge is -2.32. The van der Waals surface area contributed by atoms with Crippen LogP contribution in [0, 0.1) is 17.8 Å². The number of aliphatic hydroxyl groups is 1. The van der Waals surface area contributed by atoms with Gasteiger partial charge in [0.1, 0.15) is 0 Å². The van der Waals surface area contributed by atoms with Crippen LogP contribution >= 0.6 is 0 Å². The van der Waals surface area contributed by atoms with Crippen molar-refractivity contribution >= 4 is 5.91 Å². The van der Waals surface area contributed by atoms with Crippen molar-refractivity contribution < 1.29 is 9.90 Å². The average molecular weight is 171 g/mol. The highest BCUT2D eigenvalue weighted by molar-refractivity contribution is 5.77. The molecule has 1 saturated heterocycles. The Labute approximate surface area is 73.2 Å². The lowest BCUT2D eigenvalue weighted by Crippen LogP contribution is -2.43. The van der Waals surface area contributed by atoms with Crippen molar-refractivity contribution in [1.29, 1.82) is 0 Å². The van der Waals surface area contributed by atoms with Gasteiger partial charge in [-0.1, -0.05) is 13.8 Å². The lowest BCUT2D eigenvalue weighted by molar-refractivity contribution is -0.125. The van der Waals surface area contributed by atoms with Gasteiger partial charge in [-0.25, -0.2) is 0 Å². The number of carbonyl (C=O) groups is 1. The second-order valence-corrected chi connectivity index (χ2v) is 3.86. The SMILES string of the molecule is CC(C)C1CC(=O)NCC1CO. The maximum Gasteiger partial charge on any atom is 0.220 e. The predicted octanol–water partition coefficient (Wildman–Crippen LogP) is 0.387. The Bertz CT molecular complexity index is 168. The Hall–Kier alpha value is -0.570. The highest BCUT2D eigenvalue weighted by atomic mass is 16.3. The molecule has 1 rings (SSSR count). The summed E-state index contributed by atoms with van der Waals surface area (Å²) in [7, 11) is 0. The fourth-order valence-electron chi connectivity index (χ4n) is 1.83. The Morgan fingerprint density at radius 1 is 1.67 bits per heavy atom. The molecule has 0 aromatic rings. The molecule has 0 aliphatic carbocycles. The van der Waals surface area contributed by atoms with E-state index in [1.165, 1.54) is 0 Å². The zero-order chi connectivity index (χ0) is 9.14. The van der Waals surface area contributed by atoms with Crippen LogP contribution in [0.2, 0.25) is 0 Å². The van der Waals surface area contributed by atoms with Gasteiger partial charge >= 0.3 is 0 Å². The maximum absolute atomic E-state index is 11.0. The third-order valence-corrected chi connectivity index (χ3v) is 2.68. The van der Waals surface area contributed by atoms with Gasteiger partial charge in [-0.05, 0) is 11.8 Å². The minimum atomic E-state index is 0.124. The van der Waals surface area contributed by atoms with Crippen molar-refractivity contribution in [2.45, 2.75) is 20.3 Å². The minimum Gasteiger partial charge on any atom is -0.396 e. The van der Waals surface area contributed by atoms with Crippen molar-refractivity contribution in [3.05, 3.63) is 0 Å². The van der Waals surface area contributed by atoms with E-state index in [-0.39, 0.29) is 18.4 Å². The first-order valence-electron chi connectivity index (χ1n) is 4.52. The molecule has 0 bridgehead atoms. The molecular formula is C9H17NO2. The summed E-state index contributed by atoms with van der Waals surface area (Å²) in [6.07, 6.45) is 0.572. The van der Waals surface area contributed by atoms with Crippen LogP contribution in [-0.4, -0.2) is 24.2 Å². The van der Waals surface area contributed by atoms with E-state index < -0.39 is 0 Å². The third kappa shape index (κ3) is 1.97. The number of hydrogen-bond donors (Lipinski definition) is 2. The van der Waals surface area contributed by atoms with E-state index in [1.807, 2.05) is 0 Å². The summed E-state index contributed by atoms with van der Waals surface area (Å²) in [6.45, 7) is 5.03. The molecule has 12 heavy (non-hydrogen) atoms. The molecule has 0 saturated carbocycles. The summed E-state index contributed by atoms with van der Waals surface area (Å²) >= 11 is 0. The first-order valence-corrected chi connectivity index (χ1v) is 4.52. The number of piperidine rings is 1. The van der Waals surface area contributed by atoms with Crippen LogP contribution in [0.5, 0.6) is 0 Å². The Kier molecular flexibility index (Phi) is 3.09. The molecule has 2 unspecified atom stereocenters. The number of carbonyl (C=O) groups excluding carboxylic acids is 1. The molecule has 0 spiro atoms. The summed E-state index contributed by atoms with van der Waals surface area (Å²) < 4.78 is 0. The summed E-state index contributed by atoms with van der Waals surface area (Å²) in [5.74, 6) is 1.21. The summed E-state index contributed by atoms with van der Waals surface area (Å²) in [4.78, 5) is 11.0. The summed E-state index contributed by atoms with van der Waals surface area (Å²) in [5, 5.41) is 11.8. The number of rotatable bonds is 2. The molecule has 1 heterocycles. The van der Waals surface area contributed by atoms with Gasteiger partial charge in [0, 0.05) is 25.5 Å². The quantitative estimate of drug-likeness (QED) is 0.631. The molecule has 3 nitrogen and oxygen atoms in total. The van der Waals surface area contributed by atoms with Crippen molar-refractivity contribution in [3.63, 3.8) is 0 Å². The monoisotopic (exact) mass is 171 g/mol. The Morgan fingerprint density at radius 3 is 2.83 bits per heavy atom. The second kappa shape index (κ2) is 3.90. The van der Waals surface area contributed by atoms with Gasteiger partial charge in [0.05, 0.1) is 0 Å². The molecule has 3 heteroatoms. The first-order chi connectivity index (χ1) is 5.65. The van der Waals surface area contributed by atoms with Crippen LogP contribution in [-0.2, 0) is 4.79 Å². The second-order valence-electron chi connectivity index (χ2n) is 3.86. The van der Waals surface area contributed by atoms with E-state index in [4.69, 9.17) is 5.11 Å². The molecule has 0 radical (unpaired) electrons. The van der Waals surface area contributed by atoms with Crippen LogP contribution < -0.4 is 5.32 Å². The molecule has 0 aromatic heterocycles. The Morgan fingerprint density at radius 2 is 2.33 bits per heavy atom. The van der Waals surface area contributed by atoms with Crippen molar-refractivity contribution in [2.75, 3.05) is 13.2 Å². The van der Waals surface area contributed by atoms with Gasteiger partial charge < -0.3 is 10.4 Å². The first kappa shape index (κ1) is 9.52. The van der Waals surface area contributed by atoms with E-state index in [0.717, 1.165) is 0 Å². The van der Waals surface area contributed by atoms with Crippen LogP contribution in [0.15, 0.2) is 0 Å². The molecule has 2 atom stereocenters. The molecule has 0 aromatic carbocycles. The molecule has 1 fully saturated rings. The highest BCUT2D eigenvalue weighted by Crippen LogP contribution is 2.26. The van der Waals surface area contributed by atoms with Crippen LogP contribution in [0.3, 0.4) is 0 Å². The zero-order valence-electron chi connectivity index (χ0n) is 7.71. The number of hydrogen-bond acceptors (Lipinski definition) is 2. The topological polar surface area (TPSA) is 49.3 Å². The Balaban J connectivity index is 2.57. The lowest BCUT2D eigenvalue weighted by atomic mass is 9.79. The fraction of sp³-hybridized carbons (Fsp3) is 0.889. The fourth-order valence-corrected chi connectivity index (χ4v) is 1.83. The van der Waals surface area contributed by atoms with Crippen molar-refractivity contribution in [3.8, 4) is 0 Å².